The average molecular weight is 389 g/mol. The van der Waals surface area contributed by atoms with E-state index >= 15 is 0 Å². The number of piperidine rings is 1. The van der Waals surface area contributed by atoms with Crippen LogP contribution in [-0.4, -0.2) is 46.0 Å². The minimum absolute atomic E-state index is 0.0870. The highest BCUT2D eigenvalue weighted by Gasteiger charge is 2.25. The first-order valence-corrected chi connectivity index (χ1v) is 9.90. The number of hydrogen-bond acceptors (Lipinski definition) is 5. The molecular weight excluding hydrogens is 365 g/mol. The molecule has 0 saturated carbocycles. The van der Waals surface area contributed by atoms with Crippen molar-refractivity contribution in [3.05, 3.63) is 71.4 Å². The third-order valence-corrected chi connectivity index (χ3v) is 5.67. The number of amides is 1. The zero-order valence-electron chi connectivity index (χ0n) is 16.2. The van der Waals surface area contributed by atoms with Crippen molar-refractivity contribution in [2.75, 3.05) is 13.1 Å². The zero-order chi connectivity index (χ0) is 20.4. The minimum atomic E-state index is -1.56. The van der Waals surface area contributed by atoms with E-state index in [4.69, 9.17) is 5.73 Å². The van der Waals surface area contributed by atoms with Gasteiger partial charge in [-0.3, -0.25) is 4.79 Å². The molecule has 0 unspecified atom stereocenters. The summed E-state index contributed by atoms with van der Waals surface area (Å²) in [5.41, 5.74) is 9.49. The first-order chi connectivity index (χ1) is 14.0. The maximum Gasteiger partial charge on any atom is 0.488 e. The van der Waals surface area contributed by atoms with E-state index in [2.05, 4.69) is 17.1 Å². The molecule has 3 aromatic rings. The number of carbonyl (C=O) groups is 1. The van der Waals surface area contributed by atoms with E-state index in [-0.39, 0.29) is 5.91 Å². The summed E-state index contributed by atoms with van der Waals surface area (Å²) < 4.78 is 0. The Hall–Kier alpha value is -2.74. The summed E-state index contributed by atoms with van der Waals surface area (Å²) in [4.78, 5) is 19.3. The highest BCUT2D eigenvalue weighted by atomic mass is 16.4. The number of nitrogens with two attached hydrogens (primary N) is 1. The van der Waals surface area contributed by atoms with Gasteiger partial charge in [-0.2, -0.15) is 0 Å². The van der Waals surface area contributed by atoms with Gasteiger partial charge in [-0.15, -0.1) is 0 Å². The molecule has 0 aliphatic carbocycles. The molecule has 1 amide bonds. The van der Waals surface area contributed by atoms with Gasteiger partial charge in [-0.25, -0.2) is 4.98 Å². The minimum Gasteiger partial charge on any atom is -0.423 e. The van der Waals surface area contributed by atoms with Crippen LogP contribution in [0.3, 0.4) is 0 Å². The molecule has 0 atom stereocenters. The van der Waals surface area contributed by atoms with Gasteiger partial charge in [0.1, 0.15) is 5.69 Å². The largest absolute Gasteiger partial charge is 0.488 e. The van der Waals surface area contributed by atoms with Crippen LogP contribution < -0.4 is 11.2 Å². The normalized spacial score (nSPS) is 14.9. The molecule has 1 aromatic heterocycles. The van der Waals surface area contributed by atoms with Crippen molar-refractivity contribution in [1.82, 2.24) is 9.88 Å². The third-order valence-electron chi connectivity index (χ3n) is 5.67. The second kappa shape index (κ2) is 8.33. The van der Waals surface area contributed by atoms with Crippen molar-refractivity contribution >= 4 is 29.4 Å². The average Bonchev–Trinajstić information content (AvgIpc) is 2.78. The Morgan fingerprint density at radius 1 is 1.10 bits per heavy atom. The molecule has 0 bridgehead atoms. The van der Waals surface area contributed by atoms with Gasteiger partial charge in [0, 0.05) is 25.0 Å². The molecule has 148 valence electrons. The number of rotatable bonds is 4. The number of hydrogen-bond donors (Lipinski definition) is 3. The second-order valence-corrected chi connectivity index (χ2v) is 7.54. The summed E-state index contributed by atoms with van der Waals surface area (Å²) in [5.74, 6) is 0.347. The van der Waals surface area contributed by atoms with Crippen LogP contribution >= 0.6 is 0 Å². The number of carbonyl (C=O) groups excluding carboxylic acids is 1. The molecule has 7 heteroatoms. The Morgan fingerprint density at radius 2 is 1.86 bits per heavy atom. The van der Waals surface area contributed by atoms with Crippen molar-refractivity contribution in [3.63, 3.8) is 0 Å². The molecule has 29 heavy (non-hydrogen) atoms. The van der Waals surface area contributed by atoms with Crippen molar-refractivity contribution in [2.24, 2.45) is 5.73 Å². The van der Waals surface area contributed by atoms with Gasteiger partial charge in [-0.05, 0) is 47.5 Å². The lowest BCUT2D eigenvalue weighted by Crippen LogP contribution is -2.38. The SMILES string of the molecule is NCc1cccc(C2CCN(C(=O)c3ccc4ccc(B(O)O)cc4n3)CC2)c1. The quantitative estimate of drug-likeness (QED) is 0.586. The van der Waals surface area contributed by atoms with Gasteiger partial charge < -0.3 is 20.7 Å². The Morgan fingerprint density at radius 3 is 2.59 bits per heavy atom. The van der Waals surface area contributed by atoms with Crippen LogP contribution in [0.4, 0.5) is 0 Å². The number of fused-ring (bicyclic) bond motifs is 1. The monoisotopic (exact) mass is 389 g/mol. The lowest BCUT2D eigenvalue weighted by molar-refractivity contribution is 0.0707. The Kier molecular flexibility index (Phi) is 5.62. The van der Waals surface area contributed by atoms with E-state index in [9.17, 15) is 14.8 Å². The molecule has 1 saturated heterocycles. The molecule has 4 rings (SSSR count). The molecule has 2 heterocycles. The van der Waals surface area contributed by atoms with Crippen molar-refractivity contribution < 1.29 is 14.8 Å². The predicted octanol–water partition coefficient (Wildman–Crippen LogP) is 1.39. The fourth-order valence-corrected chi connectivity index (χ4v) is 3.97. The van der Waals surface area contributed by atoms with E-state index in [1.165, 1.54) is 5.56 Å². The summed E-state index contributed by atoms with van der Waals surface area (Å²) in [7, 11) is -1.56. The van der Waals surface area contributed by atoms with Gasteiger partial charge in [0.15, 0.2) is 0 Å². The van der Waals surface area contributed by atoms with E-state index < -0.39 is 7.12 Å². The highest BCUT2D eigenvalue weighted by Crippen LogP contribution is 2.29. The summed E-state index contributed by atoms with van der Waals surface area (Å²) in [6, 6.07) is 17.0. The number of pyridine rings is 1. The highest BCUT2D eigenvalue weighted by molar-refractivity contribution is 6.58. The van der Waals surface area contributed by atoms with E-state index in [1.54, 1.807) is 24.3 Å². The molecule has 1 aliphatic rings. The van der Waals surface area contributed by atoms with E-state index in [0.717, 1.165) is 23.8 Å². The smallest absolute Gasteiger partial charge is 0.423 e. The number of nitrogens with zero attached hydrogens (tertiary/aromatic N) is 2. The molecule has 1 fully saturated rings. The number of likely N-dealkylation sites (tertiary alicyclic amines) is 1. The Labute approximate surface area is 170 Å². The first kappa shape index (κ1) is 19.6. The van der Waals surface area contributed by atoms with E-state index in [1.807, 2.05) is 23.1 Å². The van der Waals surface area contributed by atoms with Gasteiger partial charge in [-0.1, -0.05) is 42.5 Å². The molecule has 4 N–H and O–H groups in total. The zero-order valence-corrected chi connectivity index (χ0v) is 16.2. The van der Waals surface area contributed by atoms with Crippen molar-refractivity contribution in [2.45, 2.75) is 25.3 Å². The molecule has 6 nitrogen and oxygen atoms in total. The fraction of sp³-hybridized carbons (Fsp3) is 0.273. The van der Waals surface area contributed by atoms with Crippen LogP contribution in [-0.2, 0) is 6.54 Å². The molecule has 0 spiro atoms. The summed E-state index contributed by atoms with van der Waals surface area (Å²) >= 11 is 0. The molecule has 0 radical (unpaired) electrons. The second-order valence-electron chi connectivity index (χ2n) is 7.54. The van der Waals surface area contributed by atoms with Gasteiger partial charge in [0.25, 0.3) is 5.91 Å². The van der Waals surface area contributed by atoms with Gasteiger partial charge in [0.2, 0.25) is 0 Å². The van der Waals surface area contributed by atoms with Crippen LogP contribution in [0, 0.1) is 0 Å². The maximum absolute atomic E-state index is 13.0. The van der Waals surface area contributed by atoms with Crippen LogP contribution in [0.25, 0.3) is 10.9 Å². The van der Waals surface area contributed by atoms with Crippen molar-refractivity contribution in [1.29, 1.82) is 0 Å². The summed E-state index contributed by atoms with van der Waals surface area (Å²) in [5, 5.41) is 19.6. The van der Waals surface area contributed by atoms with Crippen LogP contribution in [0.15, 0.2) is 54.6 Å². The van der Waals surface area contributed by atoms with Crippen molar-refractivity contribution in [3.8, 4) is 0 Å². The lowest BCUT2D eigenvalue weighted by atomic mass is 9.80. The standard InChI is InChI=1S/C22H24BN3O3/c24-14-15-2-1-3-18(12-15)16-8-10-26(11-9-16)22(27)20-7-5-17-4-6-19(23(28)29)13-21(17)25-20/h1-7,12-13,16,28-29H,8-11,14,24H2. The molecule has 1 aliphatic heterocycles. The molecule has 2 aromatic carbocycles. The van der Waals surface area contributed by atoms with Gasteiger partial charge in [0.05, 0.1) is 5.52 Å². The van der Waals surface area contributed by atoms with Crippen LogP contribution in [0.1, 0.15) is 40.4 Å². The number of benzene rings is 2. The predicted molar refractivity (Wildman–Crippen MR) is 114 cm³/mol. The maximum atomic E-state index is 13.0. The third kappa shape index (κ3) is 4.17. The van der Waals surface area contributed by atoms with Gasteiger partial charge >= 0.3 is 7.12 Å². The Balaban J connectivity index is 1.47. The summed E-state index contributed by atoms with van der Waals surface area (Å²) in [6.45, 7) is 1.91. The van der Waals surface area contributed by atoms with Crippen LogP contribution in [0.5, 0.6) is 0 Å². The van der Waals surface area contributed by atoms with E-state index in [0.29, 0.717) is 42.2 Å². The number of aromatic nitrogens is 1. The van der Waals surface area contributed by atoms with Crippen LogP contribution in [0.2, 0.25) is 0 Å². The summed E-state index contributed by atoms with van der Waals surface area (Å²) in [6.07, 6.45) is 1.82. The fourth-order valence-electron chi connectivity index (χ4n) is 3.97. The topological polar surface area (TPSA) is 99.7 Å². The lowest BCUT2D eigenvalue weighted by Gasteiger charge is -2.32. The first-order valence-electron chi connectivity index (χ1n) is 9.90. The molecular formula is C22H24BN3O3. The Bertz CT molecular complexity index is 1030.